The first-order chi connectivity index (χ1) is 25.3. The molecule has 0 spiro atoms. The Morgan fingerprint density at radius 1 is 0.608 bits per heavy atom. The Kier molecular flexibility index (Phi) is 6.15. The molecule has 51 heavy (non-hydrogen) atoms. The van der Waals surface area contributed by atoms with E-state index in [9.17, 15) is 0 Å². The van der Waals surface area contributed by atoms with Crippen LogP contribution in [0.2, 0.25) is 0 Å². The van der Waals surface area contributed by atoms with Gasteiger partial charge in [-0.1, -0.05) is 152 Å². The Hall–Kier alpha value is -6.12. The molecule has 3 unspecified atom stereocenters. The number of fused-ring (bicyclic) bond motifs is 9. The van der Waals surface area contributed by atoms with E-state index in [0.717, 1.165) is 12.8 Å². The van der Waals surface area contributed by atoms with Crippen LogP contribution in [0, 0.1) is 0 Å². The number of anilines is 2. The highest BCUT2D eigenvalue weighted by Gasteiger charge is 2.50. The summed E-state index contributed by atoms with van der Waals surface area (Å²) < 4.78 is 2.50. The quantitative estimate of drug-likeness (QED) is 0.184. The van der Waals surface area contributed by atoms with Crippen molar-refractivity contribution >= 4 is 38.8 Å². The number of hydrogen-bond donors (Lipinski definition) is 0. The van der Waals surface area contributed by atoms with Crippen molar-refractivity contribution < 1.29 is 0 Å². The monoisotopic (exact) mass is 652 g/mol. The van der Waals surface area contributed by atoms with Crippen molar-refractivity contribution in [3.63, 3.8) is 0 Å². The van der Waals surface area contributed by atoms with Crippen LogP contribution < -0.4 is 4.90 Å². The first kappa shape index (κ1) is 28.7. The molecule has 1 aliphatic heterocycles. The van der Waals surface area contributed by atoms with Gasteiger partial charge in [0, 0.05) is 28.1 Å². The van der Waals surface area contributed by atoms with Gasteiger partial charge in [0.15, 0.2) is 0 Å². The molecule has 2 heterocycles. The summed E-state index contributed by atoms with van der Waals surface area (Å²) in [7, 11) is 0. The molecule has 0 fully saturated rings. The molecule has 242 valence electrons. The van der Waals surface area contributed by atoms with Crippen molar-refractivity contribution in [2.45, 2.75) is 30.2 Å². The van der Waals surface area contributed by atoms with E-state index in [0.29, 0.717) is 0 Å². The van der Waals surface area contributed by atoms with Gasteiger partial charge in [0.05, 0.1) is 28.2 Å². The summed E-state index contributed by atoms with van der Waals surface area (Å²) in [5.41, 5.74) is 15.7. The first-order valence-corrected chi connectivity index (χ1v) is 18.3. The summed E-state index contributed by atoms with van der Waals surface area (Å²) in [6.07, 6.45) is 14.5. The van der Waals surface area contributed by atoms with Crippen molar-refractivity contribution in [1.29, 1.82) is 0 Å². The number of allylic oxidation sites excluding steroid dienone is 6. The molecular formula is C49H36N2. The molecule has 3 aliphatic carbocycles. The highest BCUT2D eigenvalue weighted by Crippen LogP contribution is 2.60. The Bertz CT molecular complexity index is 2640. The number of benzene rings is 6. The van der Waals surface area contributed by atoms with E-state index in [2.05, 4.69) is 192 Å². The maximum Gasteiger partial charge on any atom is 0.0782 e. The van der Waals surface area contributed by atoms with Crippen molar-refractivity contribution in [2.24, 2.45) is 0 Å². The zero-order valence-electron chi connectivity index (χ0n) is 28.3. The van der Waals surface area contributed by atoms with Gasteiger partial charge in [0.2, 0.25) is 0 Å². The minimum atomic E-state index is -0.344. The number of aromatic nitrogens is 1. The summed E-state index contributed by atoms with van der Waals surface area (Å²) in [5, 5.41) is 2.57. The molecule has 1 aromatic heterocycles. The summed E-state index contributed by atoms with van der Waals surface area (Å²) in [4.78, 5) is 2.62. The molecule has 0 radical (unpaired) electrons. The van der Waals surface area contributed by atoms with Crippen LogP contribution in [0.3, 0.4) is 0 Å². The van der Waals surface area contributed by atoms with Gasteiger partial charge >= 0.3 is 0 Å². The fraction of sp³-hybridized carbons (Fsp3) is 0.102. The molecule has 6 aromatic carbocycles. The predicted molar refractivity (Wildman–Crippen MR) is 212 cm³/mol. The zero-order chi connectivity index (χ0) is 33.5. The highest BCUT2D eigenvalue weighted by atomic mass is 15.2. The van der Waals surface area contributed by atoms with E-state index >= 15 is 0 Å². The van der Waals surface area contributed by atoms with Gasteiger partial charge in [-0.3, -0.25) is 0 Å². The Balaban J connectivity index is 1.21. The van der Waals surface area contributed by atoms with E-state index < -0.39 is 0 Å². The molecular weight excluding hydrogens is 617 g/mol. The van der Waals surface area contributed by atoms with Gasteiger partial charge in [-0.2, -0.15) is 0 Å². The van der Waals surface area contributed by atoms with E-state index in [-0.39, 0.29) is 17.4 Å². The molecule has 11 rings (SSSR count). The first-order valence-electron chi connectivity index (χ1n) is 18.3. The van der Waals surface area contributed by atoms with Crippen molar-refractivity contribution in [3.8, 4) is 5.69 Å². The molecule has 2 heteroatoms. The van der Waals surface area contributed by atoms with E-state index in [1.54, 1.807) is 0 Å². The Morgan fingerprint density at radius 3 is 2.14 bits per heavy atom. The van der Waals surface area contributed by atoms with Gasteiger partial charge < -0.3 is 9.47 Å². The summed E-state index contributed by atoms with van der Waals surface area (Å²) >= 11 is 0. The summed E-state index contributed by atoms with van der Waals surface area (Å²) in [5.74, 6) is 0.170. The smallest absolute Gasteiger partial charge is 0.0782 e. The minimum absolute atomic E-state index is 0.142. The van der Waals surface area contributed by atoms with Gasteiger partial charge in [0.1, 0.15) is 0 Å². The fourth-order valence-electron chi connectivity index (χ4n) is 9.93. The second kappa shape index (κ2) is 10.9. The third kappa shape index (κ3) is 3.88. The third-order valence-electron chi connectivity index (χ3n) is 11.9. The molecule has 0 bridgehead atoms. The summed E-state index contributed by atoms with van der Waals surface area (Å²) in [6, 6.07) is 56.2. The Morgan fingerprint density at radius 2 is 1.31 bits per heavy atom. The maximum atomic E-state index is 2.64. The minimum Gasteiger partial charge on any atom is -0.332 e. The normalized spacial score (nSPS) is 21.5. The second-order valence-corrected chi connectivity index (χ2v) is 14.3. The predicted octanol–water partition coefficient (Wildman–Crippen LogP) is 12.0. The number of hydrogen-bond acceptors (Lipinski definition) is 1. The average Bonchev–Trinajstić information content (AvgIpc) is 3.83. The largest absolute Gasteiger partial charge is 0.332 e. The molecule has 7 aromatic rings. The average molecular weight is 653 g/mol. The van der Waals surface area contributed by atoms with Crippen LogP contribution >= 0.6 is 0 Å². The van der Waals surface area contributed by atoms with Crippen molar-refractivity contribution in [2.75, 3.05) is 4.90 Å². The second-order valence-electron chi connectivity index (χ2n) is 14.3. The summed E-state index contributed by atoms with van der Waals surface area (Å²) in [6.45, 7) is 0. The van der Waals surface area contributed by atoms with Crippen LogP contribution in [-0.2, 0) is 5.41 Å². The molecule has 0 N–H and O–H groups in total. The van der Waals surface area contributed by atoms with Crippen LogP contribution in [-0.4, -0.2) is 10.6 Å². The standard InChI is InChI=1S/C49H36N2/c1-4-16-33(17-5-1)49(43-25-13-10-22-37(43)38-23-11-14-26-44(38)49)34-28-31-46-42(32-34)41-30-29-40-39-24-12-15-27-45(39)50(35-18-6-2-7-19-35)47(40)48(41)51(46)36-20-8-3-9-21-36/h1-13,15-25,27-32,42,46H,14,26H2. The van der Waals surface area contributed by atoms with Gasteiger partial charge in [-0.05, 0) is 82.1 Å². The molecule has 3 atom stereocenters. The van der Waals surface area contributed by atoms with Crippen LogP contribution in [0.4, 0.5) is 11.4 Å². The molecule has 2 nitrogen and oxygen atoms in total. The third-order valence-corrected chi connectivity index (χ3v) is 11.9. The topological polar surface area (TPSA) is 8.17 Å². The molecule has 0 saturated heterocycles. The van der Waals surface area contributed by atoms with Crippen LogP contribution in [0.1, 0.15) is 41.0 Å². The van der Waals surface area contributed by atoms with Gasteiger partial charge in [-0.25, -0.2) is 0 Å². The lowest BCUT2D eigenvalue weighted by molar-refractivity contribution is 0.662. The molecule has 0 amide bonds. The molecule has 0 saturated carbocycles. The van der Waals surface area contributed by atoms with Crippen LogP contribution in [0.5, 0.6) is 0 Å². The van der Waals surface area contributed by atoms with E-state index in [4.69, 9.17) is 0 Å². The molecule has 4 aliphatic rings. The fourth-order valence-corrected chi connectivity index (χ4v) is 9.93. The zero-order valence-corrected chi connectivity index (χ0v) is 28.3. The Labute approximate surface area is 298 Å². The lowest BCUT2D eigenvalue weighted by atomic mass is 9.63. The lowest BCUT2D eigenvalue weighted by Gasteiger charge is -2.40. The van der Waals surface area contributed by atoms with E-state index in [1.165, 1.54) is 77.8 Å². The SMILES string of the molecule is C1=CC2=C(CC1)C(C1=CC3c4ccc5c6ccccc6n(-c6ccccc6)c5c4N(c4ccccc4)C3C=C1)(c1ccccc1)c1ccccc12. The number of rotatable bonds is 4. The van der Waals surface area contributed by atoms with E-state index in [1.807, 2.05) is 0 Å². The van der Waals surface area contributed by atoms with Gasteiger partial charge in [-0.15, -0.1) is 0 Å². The van der Waals surface area contributed by atoms with Crippen LogP contribution in [0.25, 0.3) is 33.1 Å². The van der Waals surface area contributed by atoms with Crippen molar-refractivity contribution in [3.05, 3.63) is 215 Å². The number of nitrogens with zero attached hydrogens (tertiary/aromatic N) is 2. The highest BCUT2D eigenvalue weighted by molar-refractivity contribution is 6.15. The lowest BCUT2D eigenvalue weighted by Crippen LogP contribution is -2.35. The van der Waals surface area contributed by atoms with Gasteiger partial charge in [0.25, 0.3) is 0 Å². The number of para-hydroxylation sites is 3. The van der Waals surface area contributed by atoms with Crippen LogP contribution in [0.15, 0.2) is 193 Å². The maximum absolute atomic E-state index is 2.64. The van der Waals surface area contributed by atoms with Crippen molar-refractivity contribution in [1.82, 2.24) is 4.57 Å².